The summed E-state index contributed by atoms with van der Waals surface area (Å²) >= 11 is 0. The van der Waals surface area contributed by atoms with Crippen molar-refractivity contribution in [2.24, 2.45) is 0 Å². The van der Waals surface area contributed by atoms with Gasteiger partial charge in [0.05, 0.1) is 0 Å². The summed E-state index contributed by atoms with van der Waals surface area (Å²) in [6.07, 6.45) is 3.52. The van der Waals surface area contributed by atoms with Crippen LogP contribution in [0.3, 0.4) is 0 Å². The van der Waals surface area contributed by atoms with Crippen molar-refractivity contribution in [1.29, 1.82) is 0 Å². The Morgan fingerprint density at radius 2 is 1.48 bits per heavy atom. The Morgan fingerprint density at radius 3 is 1.97 bits per heavy atom. The Hall–Kier alpha value is -3.80. The zero-order valence-corrected chi connectivity index (χ0v) is 16.1. The van der Waals surface area contributed by atoms with Gasteiger partial charge in [-0.3, -0.25) is 9.36 Å². The van der Waals surface area contributed by atoms with Crippen LogP contribution in [-0.4, -0.2) is 30.6 Å². The molecular weight excluding hydrogens is 362 g/mol. The van der Waals surface area contributed by atoms with Crippen LogP contribution in [0.4, 0.5) is 0 Å². The summed E-state index contributed by atoms with van der Waals surface area (Å²) in [4.78, 5) is 19.2. The van der Waals surface area contributed by atoms with Gasteiger partial charge in [0.1, 0.15) is 5.82 Å². The number of benzene rings is 2. The van der Waals surface area contributed by atoms with E-state index in [4.69, 9.17) is 0 Å². The van der Waals surface area contributed by atoms with Gasteiger partial charge in [0.15, 0.2) is 11.5 Å². The summed E-state index contributed by atoms with van der Waals surface area (Å²) in [7, 11) is 0. The lowest BCUT2D eigenvalue weighted by molar-refractivity contribution is 0.0723. The fourth-order valence-electron chi connectivity index (χ4n) is 3.16. The molecule has 144 valence electrons. The van der Waals surface area contributed by atoms with Crippen LogP contribution in [0.1, 0.15) is 27.4 Å². The predicted molar refractivity (Wildman–Crippen MR) is 110 cm³/mol. The summed E-state index contributed by atoms with van der Waals surface area (Å²) in [5.41, 5.74) is 2.45. The zero-order chi connectivity index (χ0) is 20.1. The van der Waals surface area contributed by atoms with E-state index in [2.05, 4.69) is 15.2 Å². The normalized spacial score (nSPS) is 10.7. The third-order valence-corrected chi connectivity index (χ3v) is 4.66. The van der Waals surface area contributed by atoms with E-state index in [1.807, 2.05) is 78.4 Å². The number of hydrogen-bond acceptors (Lipinski definition) is 4. The molecule has 0 aliphatic heterocycles. The van der Waals surface area contributed by atoms with Gasteiger partial charge in [-0.15, -0.1) is 10.2 Å². The first-order chi connectivity index (χ1) is 14.2. The number of rotatable bonds is 6. The van der Waals surface area contributed by atoms with Crippen molar-refractivity contribution in [2.45, 2.75) is 20.0 Å². The van der Waals surface area contributed by atoms with E-state index in [0.29, 0.717) is 24.6 Å². The molecule has 2 aromatic heterocycles. The highest BCUT2D eigenvalue weighted by atomic mass is 16.2. The maximum atomic E-state index is 13.2. The highest BCUT2D eigenvalue weighted by Crippen LogP contribution is 2.14. The second kappa shape index (κ2) is 8.48. The topological polar surface area (TPSA) is 63.9 Å². The van der Waals surface area contributed by atoms with Gasteiger partial charge in [-0.1, -0.05) is 60.7 Å². The minimum atomic E-state index is -0.154. The molecule has 6 nitrogen and oxygen atoms in total. The molecule has 4 aromatic rings. The van der Waals surface area contributed by atoms with Crippen molar-refractivity contribution in [3.05, 3.63) is 108 Å². The minimum Gasteiger partial charge on any atom is -0.329 e. The first-order valence-electron chi connectivity index (χ1n) is 9.42. The number of hydrogen-bond donors (Lipinski definition) is 0. The molecule has 2 heterocycles. The Morgan fingerprint density at radius 1 is 0.862 bits per heavy atom. The third kappa shape index (κ3) is 4.38. The van der Waals surface area contributed by atoms with E-state index in [9.17, 15) is 4.79 Å². The molecule has 0 atom stereocenters. The highest BCUT2D eigenvalue weighted by molar-refractivity contribution is 5.92. The van der Waals surface area contributed by atoms with Gasteiger partial charge in [0.25, 0.3) is 5.91 Å². The molecule has 6 heteroatoms. The maximum absolute atomic E-state index is 13.2. The van der Waals surface area contributed by atoms with Gasteiger partial charge in [-0.25, -0.2) is 4.98 Å². The van der Waals surface area contributed by atoms with Crippen LogP contribution in [0.15, 0.2) is 85.2 Å². The van der Waals surface area contributed by atoms with E-state index in [0.717, 1.165) is 17.0 Å². The first kappa shape index (κ1) is 18.6. The van der Waals surface area contributed by atoms with E-state index < -0.39 is 0 Å². The average molecular weight is 383 g/mol. The number of amides is 1. The lowest BCUT2D eigenvalue weighted by Gasteiger charge is -2.22. The van der Waals surface area contributed by atoms with Crippen LogP contribution in [0.5, 0.6) is 0 Å². The van der Waals surface area contributed by atoms with E-state index in [1.165, 1.54) is 0 Å². The number of aromatic nitrogens is 4. The second-order valence-corrected chi connectivity index (χ2v) is 6.75. The number of aryl methyl sites for hydroxylation is 1. The van der Waals surface area contributed by atoms with Crippen molar-refractivity contribution in [3.63, 3.8) is 0 Å². The number of carbonyl (C=O) groups excluding carboxylic acids is 1. The van der Waals surface area contributed by atoms with E-state index in [1.54, 1.807) is 23.2 Å². The summed E-state index contributed by atoms with van der Waals surface area (Å²) < 4.78 is 1.83. The van der Waals surface area contributed by atoms with E-state index >= 15 is 0 Å². The van der Waals surface area contributed by atoms with Crippen LogP contribution in [0, 0.1) is 6.92 Å². The first-order valence-corrected chi connectivity index (χ1v) is 9.42. The molecular formula is C23H21N5O. The smallest absolute Gasteiger partial charge is 0.274 e. The van der Waals surface area contributed by atoms with Crippen molar-refractivity contribution < 1.29 is 4.79 Å². The molecule has 0 N–H and O–H groups in total. The third-order valence-electron chi connectivity index (χ3n) is 4.66. The van der Waals surface area contributed by atoms with Crippen LogP contribution in [0.2, 0.25) is 0 Å². The summed E-state index contributed by atoms with van der Waals surface area (Å²) in [5.74, 6) is 1.29. The number of imidazole rings is 1. The Balaban J connectivity index is 1.59. The van der Waals surface area contributed by atoms with Crippen LogP contribution in [0.25, 0.3) is 5.82 Å². The summed E-state index contributed by atoms with van der Waals surface area (Å²) in [6, 6.07) is 23.4. The molecule has 0 unspecified atom stereocenters. The second-order valence-electron chi connectivity index (χ2n) is 6.75. The lowest BCUT2D eigenvalue weighted by atomic mass is 10.1. The van der Waals surface area contributed by atoms with Crippen molar-refractivity contribution in [1.82, 2.24) is 24.6 Å². The predicted octanol–water partition coefficient (Wildman–Crippen LogP) is 3.81. The molecule has 0 saturated carbocycles. The fourth-order valence-corrected chi connectivity index (χ4v) is 3.16. The Kier molecular flexibility index (Phi) is 5.42. The summed E-state index contributed by atoms with van der Waals surface area (Å²) in [5, 5.41) is 8.42. The quantitative estimate of drug-likeness (QED) is 0.508. The number of nitrogens with zero attached hydrogens (tertiary/aromatic N) is 5. The molecule has 0 aliphatic carbocycles. The molecule has 0 bridgehead atoms. The van der Waals surface area contributed by atoms with Gasteiger partial charge >= 0.3 is 0 Å². The van der Waals surface area contributed by atoms with Gasteiger partial charge in [0.2, 0.25) is 0 Å². The monoisotopic (exact) mass is 383 g/mol. The Bertz CT molecular complexity index is 1030. The average Bonchev–Trinajstić information content (AvgIpc) is 3.20. The van der Waals surface area contributed by atoms with Crippen LogP contribution < -0.4 is 0 Å². The lowest BCUT2D eigenvalue weighted by Crippen LogP contribution is -2.31. The maximum Gasteiger partial charge on any atom is 0.274 e. The van der Waals surface area contributed by atoms with E-state index in [-0.39, 0.29) is 5.91 Å². The molecule has 4 rings (SSSR count). The molecule has 0 spiro atoms. The van der Waals surface area contributed by atoms with Crippen LogP contribution >= 0.6 is 0 Å². The standard InChI is InChI=1S/C23H21N5O/c1-18-24-14-15-28(18)22-13-12-21(25-26-22)23(29)27(16-19-8-4-2-5-9-19)17-20-10-6-3-7-11-20/h2-15H,16-17H2,1H3. The molecule has 0 saturated heterocycles. The van der Waals surface area contributed by atoms with Crippen LogP contribution in [-0.2, 0) is 13.1 Å². The minimum absolute atomic E-state index is 0.154. The Labute approximate surface area is 169 Å². The largest absolute Gasteiger partial charge is 0.329 e. The molecule has 0 aliphatic rings. The fraction of sp³-hybridized carbons (Fsp3) is 0.130. The highest BCUT2D eigenvalue weighted by Gasteiger charge is 2.19. The molecule has 2 aromatic carbocycles. The molecule has 1 amide bonds. The summed E-state index contributed by atoms with van der Waals surface area (Å²) in [6.45, 7) is 2.89. The van der Waals surface area contributed by atoms with Gasteiger partial charge < -0.3 is 4.90 Å². The molecule has 29 heavy (non-hydrogen) atoms. The van der Waals surface area contributed by atoms with Gasteiger partial charge in [-0.2, -0.15) is 0 Å². The molecule has 0 fully saturated rings. The van der Waals surface area contributed by atoms with Gasteiger partial charge in [0, 0.05) is 25.5 Å². The van der Waals surface area contributed by atoms with Gasteiger partial charge in [-0.05, 0) is 30.2 Å². The van der Waals surface area contributed by atoms with Crippen molar-refractivity contribution in [2.75, 3.05) is 0 Å². The van der Waals surface area contributed by atoms with Crippen molar-refractivity contribution >= 4 is 5.91 Å². The molecule has 0 radical (unpaired) electrons. The SMILES string of the molecule is Cc1nccn1-c1ccc(C(=O)N(Cc2ccccc2)Cc2ccccc2)nn1. The number of carbonyl (C=O) groups is 1. The zero-order valence-electron chi connectivity index (χ0n) is 16.1. The van der Waals surface area contributed by atoms with Crippen molar-refractivity contribution in [3.8, 4) is 5.82 Å².